The topological polar surface area (TPSA) is 13.1 Å². The highest BCUT2D eigenvalue weighted by Crippen LogP contribution is 2.52. The third kappa shape index (κ3) is 6.75. The zero-order chi connectivity index (χ0) is 50.5. The van der Waals surface area contributed by atoms with E-state index >= 15 is 0 Å². The van der Waals surface area contributed by atoms with Crippen molar-refractivity contribution in [1.29, 1.82) is 0 Å². The maximum Gasteiger partial charge on any atom is 0.0620 e. The van der Waals surface area contributed by atoms with E-state index < -0.39 is 0 Å². The number of nitrogens with zero attached hydrogens (tertiary/aromatic N) is 3. The zero-order valence-electron chi connectivity index (χ0n) is 42.3. The number of hydrogen-bond donors (Lipinski definition) is 0. The molecule has 1 aliphatic carbocycles. The fraction of sp³-hybridized carbons (Fsp3) is 0.0411. The number of aromatic nitrogens is 2. The molecule has 0 aliphatic heterocycles. The van der Waals surface area contributed by atoms with Gasteiger partial charge in [0, 0.05) is 61.0 Å². The smallest absolute Gasteiger partial charge is 0.0620 e. The largest absolute Gasteiger partial charge is 0.310 e. The molecule has 76 heavy (non-hydrogen) atoms. The molecule has 2 heterocycles. The van der Waals surface area contributed by atoms with Crippen LogP contribution in [0.25, 0.3) is 110 Å². The van der Waals surface area contributed by atoms with Crippen LogP contribution in [-0.4, -0.2) is 9.13 Å². The number of hydrogen-bond acceptors (Lipinski definition) is 1. The Morgan fingerprint density at radius 1 is 0.316 bits per heavy atom. The van der Waals surface area contributed by atoms with E-state index in [4.69, 9.17) is 0 Å². The second kappa shape index (κ2) is 17.2. The molecule has 15 rings (SSSR count). The van der Waals surface area contributed by atoms with Crippen LogP contribution >= 0.6 is 0 Å². The summed E-state index contributed by atoms with van der Waals surface area (Å²) in [6.45, 7) is 4.74. The van der Waals surface area contributed by atoms with Crippen LogP contribution in [0, 0.1) is 0 Å². The van der Waals surface area contributed by atoms with E-state index in [2.05, 4.69) is 301 Å². The van der Waals surface area contributed by atoms with Gasteiger partial charge in [0.15, 0.2) is 0 Å². The molecule has 2 aromatic heterocycles. The maximum absolute atomic E-state index is 2.52. The Labute approximate surface area is 442 Å². The van der Waals surface area contributed by atoms with E-state index in [1.807, 2.05) is 0 Å². The minimum Gasteiger partial charge on any atom is -0.310 e. The number of para-hydroxylation sites is 2. The molecule has 3 heteroatoms. The molecule has 14 aromatic rings. The van der Waals surface area contributed by atoms with Gasteiger partial charge in [0.2, 0.25) is 0 Å². The Kier molecular flexibility index (Phi) is 9.92. The van der Waals surface area contributed by atoms with Gasteiger partial charge in [-0.3, -0.25) is 0 Å². The summed E-state index contributed by atoms with van der Waals surface area (Å²) in [5, 5.41) is 8.50. The van der Waals surface area contributed by atoms with Crippen molar-refractivity contribution in [3.63, 3.8) is 0 Å². The van der Waals surface area contributed by atoms with Gasteiger partial charge in [0.05, 0.1) is 22.2 Å². The number of benzene rings is 12. The fourth-order valence-corrected chi connectivity index (χ4v) is 12.7. The second-order valence-corrected chi connectivity index (χ2v) is 20.9. The van der Waals surface area contributed by atoms with E-state index in [1.165, 1.54) is 104 Å². The van der Waals surface area contributed by atoms with Crippen molar-refractivity contribution in [2.24, 2.45) is 0 Å². The molecule has 0 radical (unpaired) electrons. The van der Waals surface area contributed by atoms with Crippen LogP contribution in [0.2, 0.25) is 0 Å². The van der Waals surface area contributed by atoms with Crippen molar-refractivity contribution in [2.75, 3.05) is 4.90 Å². The van der Waals surface area contributed by atoms with Crippen LogP contribution in [0.1, 0.15) is 25.0 Å². The highest BCUT2D eigenvalue weighted by Gasteiger charge is 2.36. The van der Waals surface area contributed by atoms with Gasteiger partial charge in [-0.25, -0.2) is 0 Å². The summed E-state index contributed by atoms with van der Waals surface area (Å²) in [5.74, 6) is 0. The molecular weight excluding hydrogens is 919 g/mol. The molecule has 0 spiro atoms. The zero-order valence-corrected chi connectivity index (χ0v) is 42.3. The first kappa shape index (κ1) is 43.8. The predicted octanol–water partition coefficient (Wildman–Crippen LogP) is 19.8. The summed E-state index contributed by atoms with van der Waals surface area (Å²) in [6, 6.07) is 101. The van der Waals surface area contributed by atoms with E-state index in [0.717, 1.165) is 34.0 Å². The van der Waals surface area contributed by atoms with Crippen LogP contribution in [0.4, 0.5) is 17.1 Å². The minimum absolute atomic E-state index is 0.156. The van der Waals surface area contributed by atoms with Crippen molar-refractivity contribution in [2.45, 2.75) is 19.3 Å². The van der Waals surface area contributed by atoms with E-state index in [1.54, 1.807) is 0 Å². The summed E-state index contributed by atoms with van der Waals surface area (Å²) >= 11 is 0. The Morgan fingerprint density at radius 3 is 1.70 bits per heavy atom. The van der Waals surface area contributed by atoms with Crippen LogP contribution in [-0.2, 0) is 5.41 Å². The van der Waals surface area contributed by atoms with Crippen LogP contribution in [0.15, 0.2) is 273 Å². The molecule has 0 saturated heterocycles. The Bertz CT molecular complexity index is 4580. The van der Waals surface area contributed by atoms with Gasteiger partial charge in [-0.2, -0.15) is 0 Å². The Morgan fingerprint density at radius 2 is 0.908 bits per heavy atom. The highest BCUT2D eigenvalue weighted by atomic mass is 15.1. The lowest BCUT2D eigenvalue weighted by atomic mass is 9.82. The van der Waals surface area contributed by atoms with E-state index in [9.17, 15) is 0 Å². The van der Waals surface area contributed by atoms with Crippen molar-refractivity contribution in [3.8, 4) is 56.0 Å². The summed E-state index contributed by atoms with van der Waals surface area (Å²) in [7, 11) is 0. The van der Waals surface area contributed by atoms with Gasteiger partial charge < -0.3 is 14.0 Å². The van der Waals surface area contributed by atoms with Crippen molar-refractivity contribution < 1.29 is 0 Å². The average Bonchev–Trinajstić information content (AvgIpc) is 4.23. The molecule has 0 bridgehead atoms. The molecule has 12 aromatic carbocycles. The molecule has 0 unspecified atom stereocenters. The first-order chi connectivity index (χ1) is 37.5. The van der Waals surface area contributed by atoms with Crippen molar-refractivity contribution in [1.82, 2.24) is 9.13 Å². The number of rotatable bonds is 8. The molecular formula is C73H51N3. The third-order valence-corrected chi connectivity index (χ3v) is 16.3. The Balaban J connectivity index is 0.947. The van der Waals surface area contributed by atoms with Crippen LogP contribution < -0.4 is 4.90 Å². The molecule has 0 N–H and O–H groups in total. The predicted molar refractivity (Wildman–Crippen MR) is 321 cm³/mol. The Hall–Kier alpha value is -9.70. The second-order valence-electron chi connectivity index (χ2n) is 20.9. The van der Waals surface area contributed by atoms with Gasteiger partial charge in [-0.15, -0.1) is 0 Å². The lowest BCUT2D eigenvalue weighted by Crippen LogP contribution is -2.16. The molecule has 0 atom stereocenters. The van der Waals surface area contributed by atoms with Gasteiger partial charge >= 0.3 is 0 Å². The van der Waals surface area contributed by atoms with Crippen molar-refractivity contribution >= 4 is 71.3 Å². The maximum atomic E-state index is 2.52. The van der Waals surface area contributed by atoms with E-state index in [-0.39, 0.29) is 5.41 Å². The van der Waals surface area contributed by atoms with Gasteiger partial charge in [0.25, 0.3) is 0 Å². The molecule has 0 amide bonds. The van der Waals surface area contributed by atoms with Crippen LogP contribution in [0.5, 0.6) is 0 Å². The standard InChI is InChI=1S/C73H51N3/c1-73(2)66-32-18-16-29-59(66)60-42-40-57(46-67(60)73)74(56-41-43-69-64(45-56)61-30-17-19-33-68(61)75(69)53-26-10-5-11-27-53)54-37-35-49(36-38-54)63-47-65-70(50-21-6-3-7-22-50)71(51-23-8-4-9-24-51)76(72(65)62-31-15-14-28-58(62)63)55-39-34-48-20-12-13-25-52(48)44-55/h3-47H,1-2H3. The highest BCUT2D eigenvalue weighted by molar-refractivity contribution is 6.20. The lowest BCUT2D eigenvalue weighted by molar-refractivity contribution is 0.660. The van der Waals surface area contributed by atoms with Crippen molar-refractivity contribution in [3.05, 3.63) is 284 Å². The summed E-state index contributed by atoms with van der Waals surface area (Å²) < 4.78 is 4.92. The number of anilines is 3. The molecule has 358 valence electrons. The van der Waals surface area contributed by atoms with Gasteiger partial charge in [-0.05, 0) is 140 Å². The average molecular weight is 970 g/mol. The summed E-state index contributed by atoms with van der Waals surface area (Å²) in [5.41, 5.74) is 21.5. The number of fused-ring (bicyclic) bond motifs is 10. The molecule has 3 nitrogen and oxygen atoms in total. The quantitative estimate of drug-likeness (QED) is 0.148. The van der Waals surface area contributed by atoms with E-state index in [0.29, 0.717) is 0 Å². The normalized spacial score (nSPS) is 12.7. The SMILES string of the molecule is CC1(C)c2ccccc2-c2ccc(N(c3ccc(-c4cc5c(-c6ccccc6)c(-c6ccccc6)n(-c6ccc7ccccc7c6)c5c5ccccc45)cc3)c3ccc4c(c3)c3ccccc3n4-c3ccccc3)cc21. The minimum atomic E-state index is -0.156. The lowest BCUT2D eigenvalue weighted by Gasteiger charge is -2.28. The summed E-state index contributed by atoms with van der Waals surface area (Å²) in [6.07, 6.45) is 0. The van der Waals surface area contributed by atoms with Gasteiger partial charge in [0.1, 0.15) is 0 Å². The first-order valence-corrected chi connectivity index (χ1v) is 26.4. The monoisotopic (exact) mass is 969 g/mol. The first-order valence-electron chi connectivity index (χ1n) is 26.4. The third-order valence-electron chi connectivity index (χ3n) is 16.3. The molecule has 1 aliphatic rings. The molecule has 0 saturated carbocycles. The van der Waals surface area contributed by atoms with Crippen LogP contribution in [0.3, 0.4) is 0 Å². The van der Waals surface area contributed by atoms with Gasteiger partial charge in [-0.1, -0.05) is 208 Å². The molecule has 0 fully saturated rings. The summed E-state index contributed by atoms with van der Waals surface area (Å²) in [4.78, 5) is 2.46. The fourth-order valence-electron chi connectivity index (χ4n) is 12.7.